The minimum Gasteiger partial charge on any atom is -0.485 e. The highest BCUT2D eigenvalue weighted by Gasteiger charge is 2.16. The topological polar surface area (TPSA) is 27.1 Å². The molecular formula is C19H21ClN2O. The largest absolute Gasteiger partial charge is 0.485 e. The lowest BCUT2D eigenvalue weighted by molar-refractivity contribution is 0.284. The van der Waals surface area contributed by atoms with Crippen LogP contribution in [-0.4, -0.2) is 9.55 Å². The molecule has 0 N–H and O–H groups in total. The maximum atomic E-state index is 6.17. The van der Waals surface area contributed by atoms with E-state index in [1.54, 1.807) is 0 Å². The van der Waals surface area contributed by atoms with Gasteiger partial charge in [0.15, 0.2) is 0 Å². The van der Waals surface area contributed by atoms with Crippen molar-refractivity contribution in [1.29, 1.82) is 0 Å². The van der Waals surface area contributed by atoms with Gasteiger partial charge in [0, 0.05) is 11.1 Å². The molecule has 1 aromatic heterocycles. The van der Waals surface area contributed by atoms with E-state index in [0.717, 1.165) is 39.6 Å². The summed E-state index contributed by atoms with van der Waals surface area (Å²) in [7, 11) is 0. The van der Waals surface area contributed by atoms with Gasteiger partial charge in [-0.1, -0.05) is 36.7 Å². The number of nitrogens with zero attached hydrogens (tertiary/aromatic N) is 2. The summed E-state index contributed by atoms with van der Waals surface area (Å²) in [5.41, 5.74) is 3.15. The lowest BCUT2D eigenvalue weighted by Crippen LogP contribution is -2.11. The smallest absolute Gasteiger partial charge is 0.148 e. The number of hydrogen-bond donors (Lipinski definition) is 0. The van der Waals surface area contributed by atoms with Crippen molar-refractivity contribution in [2.45, 2.75) is 39.8 Å². The number of hydrogen-bond acceptors (Lipinski definition) is 2. The van der Waals surface area contributed by atoms with Crippen LogP contribution in [-0.2, 0) is 6.61 Å². The zero-order chi connectivity index (χ0) is 16.4. The molecule has 0 bridgehead atoms. The minimum absolute atomic E-state index is 0.342. The standard InChI is InChI=1S/C19H21ClN2O/c1-4-14(3)22-17-11-15(20)9-10-16(17)21-19(22)12-23-18-8-6-5-7-13(18)2/h5-11,14H,4,12H2,1-3H3. The zero-order valence-corrected chi connectivity index (χ0v) is 14.5. The van der Waals surface area contributed by atoms with Gasteiger partial charge in [-0.15, -0.1) is 0 Å². The summed E-state index contributed by atoms with van der Waals surface area (Å²) >= 11 is 6.17. The molecule has 3 aromatic rings. The zero-order valence-electron chi connectivity index (χ0n) is 13.7. The average molecular weight is 329 g/mol. The third kappa shape index (κ3) is 3.20. The van der Waals surface area contributed by atoms with Crippen LogP contribution in [0.3, 0.4) is 0 Å². The molecule has 0 spiro atoms. The van der Waals surface area contributed by atoms with E-state index in [4.69, 9.17) is 21.3 Å². The average Bonchev–Trinajstić information content (AvgIpc) is 2.91. The van der Waals surface area contributed by atoms with Crippen molar-refractivity contribution in [2.24, 2.45) is 0 Å². The molecule has 23 heavy (non-hydrogen) atoms. The Morgan fingerprint density at radius 2 is 2.00 bits per heavy atom. The Morgan fingerprint density at radius 1 is 1.22 bits per heavy atom. The monoisotopic (exact) mass is 328 g/mol. The van der Waals surface area contributed by atoms with Crippen molar-refractivity contribution >= 4 is 22.6 Å². The molecule has 0 aliphatic rings. The lowest BCUT2D eigenvalue weighted by atomic mass is 10.2. The third-order valence-electron chi connectivity index (χ3n) is 4.21. The Morgan fingerprint density at radius 3 is 2.74 bits per heavy atom. The van der Waals surface area contributed by atoms with Gasteiger partial charge in [-0.3, -0.25) is 0 Å². The maximum absolute atomic E-state index is 6.17. The van der Waals surface area contributed by atoms with Crippen LogP contribution in [0, 0.1) is 6.92 Å². The minimum atomic E-state index is 0.342. The highest BCUT2D eigenvalue weighted by molar-refractivity contribution is 6.31. The number of rotatable bonds is 5. The van der Waals surface area contributed by atoms with Crippen molar-refractivity contribution in [3.63, 3.8) is 0 Å². The molecule has 3 rings (SSSR count). The second kappa shape index (κ2) is 6.63. The molecule has 0 radical (unpaired) electrons. The van der Waals surface area contributed by atoms with Crippen LogP contribution in [0.4, 0.5) is 0 Å². The summed E-state index contributed by atoms with van der Waals surface area (Å²) < 4.78 is 8.24. The van der Waals surface area contributed by atoms with Crippen LogP contribution in [0.5, 0.6) is 5.75 Å². The molecule has 1 atom stereocenters. The molecular weight excluding hydrogens is 308 g/mol. The van der Waals surface area contributed by atoms with Gasteiger partial charge in [0.2, 0.25) is 0 Å². The summed E-state index contributed by atoms with van der Waals surface area (Å²) in [6.45, 7) is 6.86. The number of aromatic nitrogens is 2. The number of ether oxygens (including phenoxy) is 1. The molecule has 0 fully saturated rings. The highest BCUT2D eigenvalue weighted by Crippen LogP contribution is 2.27. The fourth-order valence-corrected chi connectivity index (χ4v) is 2.92. The van der Waals surface area contributed by atoms with Crippen LogP contribution in [0.2, 0.25) is 5.02 Å². The maximum Gasteiger partial charge on any atom is 0.148 e. The first kappa shape index (κ1) is 15.9. The van der Waals surface area contributed by atoms with E-state index in [0.29, 0.717) is 12.6 Å². The summed E-state index contributed by atoms with van der Waals surface area (Å²) in [5.74, 6) is 1.83. The van der Waals surface area contributed by atoms with Gasteiger partial charge < -0.3 is 9.30 Å². The summed E-state index contributed by atoms with van der Waals surface area (Å²) in [5, 5.41) is 0.730. The van der Waals surface area contributed by atoms with E-state index in [9.17, 15) is 0 Å². The van der Waals surface area contributed by atoms with Gasteiger partial charge in [-0.2, -0.15) is 0 Å². The molecule has 0 saturated heterocycles. The van der Waals surface area contributed by atoms with Gasteiger partial charge >= 0.3 is 0 Å². The van der Waals surface area contributed by atoms with Crippen LogP contribution in [0.25, 0.3) is 11.0 Å². The molecule has 0 saturated carbocycles. The number of benzene rings is 2. The highest BCUT2D eigenvalue weighted by atomic mass is 35.5. The van der Waals surface area contributed by atoms with E-state index >= 15 is 0 Å². The molecule has 1 unspecified atom stereocenters. The van der Waals surface area contributed by atoms with Crippen LogP contribution in [0.15, 0.2) is 42.5 Å². The van der Waals surface area contributed by atoms with E-state index < -0.39 is 0 Å². The number of fused-ring (bicyclic) bond motifs is 1. The van der Waals surface area contributed by atoms with Crippen molar-refractivity contribution < 1.29 is 4.74 Å². The Labute approximate surface area is 141 Å². The summed E-state index contributed by atoms with van der Waals surface area (Å²) in [4.78, 5) is 4.75. The third-order valence-corrected chi connectivity index (χ3v) is 4.44. The number of aryl methyl sites for hydroxylation is 1. The van der Waals surface area contributed by atoms with Crippen LogP contribution < -0.4 is 4.74 Å². The first-order chi connectivity index (χ1) is 11.1. The quantitative estimate of drug-likeness (QED) is 0.614. The second-order valence-corrected chi connectivity index (χ2v) is 6.28. The number of halogens is 1. The van der Waals surface area contributed by atoms with Gasteiger partial charge in [0.25, 0.3) is 0 Å². The van der Waals surface area contributed by atoms with Gasteiger partial charge in [0.05, 0.1) is 11.0 Å². The van der Waals surface area contributed by atoms with E-state index in [1.807, 2.05) is 49.4 Å². The SMILES string of the molecule is CCC(C)n1c(COc2ccccc2C)nc2ccc(Cl)cc21. The van der Waals surface area contributed by atoms with Crippen molar-refractivity contribution in [3.8, 4) is 5.75 Å². The van der Waals surface area contributed by atoms with Crippen molar-refractivity contribution in [3.05, 3.63) is 58.9 Å². The molecule has 3 nitrogen and oxygen atoms in total. The van der Waals surface area contributed by atoms with E-state index in [2.05, 4.69) is 18.4 Å². The van der Waals surface area contributed by atoms with E-state index in [1.165, 1.54) is 0 Å². The van der Waals surface area contributed by atoms with Crippen LogP contribution >= 0.6 is 11.6 Å². The van der Waals surface area contributed by atoms with Gasteiger partial charge in [-0.05, 0) is 50.1 Å². The number of imidazole rings is 1. The number of para-hydroxylation sites is 1. The Kier molecular flexibility index (Phi) is 4.58. The molecule has 120 valence electrons. The molecule has 0 amide bonds. The van der Waals surface area contributed by atoms with Crippen LogP contribution in [0.1, 0.15) is 37.7 Å². The normalized spacial score (nSPS) is 12.5. The summed E-state index contributed by atoms with van der Waals surface area (Å²) in [6.07, 6.45) is 1.02. The van der Waals surface area contributed by atoms with Crippen molar-refractivity contribution in [2.75, 3.05) is 0 Å². The molecule has 1 heterocycles. The van der Waals surface area contributed by atoms with Crippen molar-refractivity contribution in [1.82, 2.24) is 9.55 Å². The second-order valence-electron chi connectivity index (χ2n) is 5.84. The van der Waals surface area contributed by atoms with E-state index in [-0.39, 0.29) is 0 Å². The Bertz CT molecular complexity index is 825. The van der Waals surface area contributed by atoms with Gasteiger partial charge in [0.1, 0.15) is 18.2 Å². The molecule has 4 heteroatoms. The fourth-order valence-electron chi connectivity index (χ4n) is 2.75. The first-order valence-electron chi connectivity index (χ1n) is 7.95. The fraction of sp³-hybridized carbons (Fsp3) is 0.316. The Balaban J connectivity index is 1.98. The predicted octanol–water partition coefficient (Wildman–Crippen LogP) is 5.55. The molecule has 0 aliphatic carbocycles. The molecule has 0 aliphatic heterocycles. The molecule has 2 aromatic carbocycles. The van der Waals surface area contributed by atoms with Gasteiger partial charge in [-0.25, -0.2) is 4.98 Å². The lowest BCUT2D eigenvalue weighted by Gasteiger charge is -2.16. The first-order valence-corrected chi connectivity index (χ1v) is 8.32. The Hall–Kier alpha value is -2.00. The summed E-state index contributed by atoms with van der Waals surface area (Å²) in [6, 6.07) is 14.2. The predicted molar refractivity (Wildman–Crippen MR) is 95.3 cm³/mol.